The van der Waals surface area contributed by atoms with E-state index in [0.717, 1.165) is 5.56 Å². The fourth-order valence-electron chi connectivity index (χ4n) is 1.31. The van der Waals surface area contributed by atoms with Crippen LogP contribution in [0.2, 0.25) is 0 Å². The first kappa shape index (κ1) is 11.6. The third kappa shape index (κ3) is 2.73. The lowest BCUT2D eigenvalue weighted by Crippen LogP contribution is -2.37. The van der Waals surface area contributed by atoms with Gasteiger partial charge < -0.3 is 10.6 Å². The molecule has 0 saturated heterocycles. The Morgan fingerprint density at radius 2 is 2.07 bits per heavy atom. The highest BCUT2D eigenvalue weighted by molar-refractivity contribution is 7.80. The first-order valence-electron chi connectivity index (χ1n) is 4.46. The molecule has 4 nitrogen and oxygen atoms in total. The molecule has 1 heterocycles. The Morgan fingerprint density at radius 3 is 2.47 bits per heavy atom. The number of aromatic nitrogens is 1. The van der Waals surface area contributed by atoms with Crippen LogP contribution in [-0.2, 0) is 4.79 Å². The van der Waals surface area contributed by atoms with Crippen molar-refractivity contribution in [1.82, 2.24) is 9.88 Å². The summed E-state index contributed by atoms with van der Waals surface area (Å²) in [4.78, 5) is 17.0. The Kier molecular flexibility index (Phi) is 3.74. The maximum absolute atomic E-state index is 11.3. The molecule has 0 saturated carbocycles. The zero-order valence-electron chi connectivity index (χ0n) is 8.68. The molecule has 5 heteroatoms. The number of thiocarbonyl (C=S) groups is 1. The van der Waals surface area contributed by atoms with Crippen molar-refractivity contribution < 1.29 is 4.79 Å². The molecule has 0 fully saturated rings. The number of hydrogen-bond acceptors (Lipinski definition) is 3. The van der Waals surface area contributed by atoms with E-state index in [1.807, 2.05) is 0 Å². The average Bonchev–Trinajstić information content (AvgIpc) is 2.18. The van der Waals surface area contributed by atoms with Crippen LogP contribution in [0.1, 0.15) is 18.5 Å². The van der Waals surface area contributed by atoms with Crippen LogP contribution in [0.4, 0.5) is 0 Å². The van der Waals surface area contributed by atoms with E-state index >= 15 is 0 Å². The topological polar surface area (TPSA) is 59.2 Å². The minimum atomic E-state index is -0.361. The lowest BCUT2D eigenvalue weighted by atomic mass is 10.1. The minimum Gasteiger partial charge on any atom is -0.391 e. The van der Waals surface area contributed by atoms with Crippen LogP contribution < -0.4 is 5.73 Å². The summed E-state index contributed by atoms with van der Waals surface area (Å²) in [5, 5.41) is 0. The lowest BCUT2D eigenvalue weighted by Gasteiger charge is -2.26. The first-order chi connectivity index (χ1) is 7.04. The van der Waals surface area contributed by atoms with Crippen LogP contribution in [-0.4, -0.2) is 27.8 Å². The highest BCUT2D eigenvalue weighted by atomic mass is 32.1. The Balaban J connectivity index is 3.04. The smallest absolute Gasteiger partial charge is 0.220 e. The molecular weight excluding hydrogens is 210 g/mol. The van der Waals surface area contributed by atoms with Gasteiger partial charge in [-0.05, 0) is 17.7 Å². The molecule has 0 aliphatic heterocycles. The van der Waals surface area contributed by atoms with Crippen LogP contribution in [0.15, 0.2) is 24.5 Å². The van der Waals surface area contributed by atoms with Crippen molar-refractivity contribution in [3.63, 3.8) is 0 Å². The van der Waals surface area contributed by atoms with E-state index < -0.39 is 0 Å². The Labute approximate surface area is 94.1 Å². The number of hydrogen-bond donors (Lipinski definition) is 1. The van der Waals surface area contributed by atoms with Crippen molar-refractivity contribution in [2.24, 2.45) is 5.73 Å². The SMILES string of the molecule is CC(=O)N(C)C(C(N)=S)c1ccncc1. The Morgan fingerprint density at radius 1 is 1.53 bits per heavy atom. The molecule has 1 atom stereocenters. The second-order valence-electron chi connectivity index (χ2n) is 3.22. The maximum Gasteiger partial charge on any atom is 0.220 e. The molecule has 1 unspecified atom stereocenters. The molecule has 0 aliphatic rings. The Hall–Kier alpha value is -1.49. The van der Waals surface area contributed by atoms with E-state index in [2.05, 4.69) is 4.98 Å². The van der Waals surface area contributed by atoms with E-state index in [0.29, 0.717) is 0 Å². The van der Waals surface area contributed by atoms with Crippen molar-refractivity contribution in [2.75, 3.05) is 7.05 Å². The summed E-state index contributed by atoms with van der Waals surface area (Å²) < 4.78 is 0. The van der Waals surface area contributed by atoms with E-state index in [-0.39, 0.29) is 16.9 Å². The zero-order valence-corrected chi connectivity index (χ0v) is 9.49. The van der Waals surface area contributed by atoms with E-state index in [1.54, 1.807) is 31.6 Å². The largest absolute Gasteiger partial charge is 0.391 e. The van der Waals surface area contributed by atoms with Gasteiger partial charge in [-0.2, -0.15) is 0 Å². The number of amides is 1. The van der Waals surface area contributed by atoms with Gasteiger partial charge in [0.25, 0.3) is 0 Å². The fraction of sp³-hybridized carbons (Fsp3) is 0.300. The van der Waals surface area contributed by atoms with Gasteiger partial charge in [0.15, 0.2) is 0 Å². The molecule has 80 valence electrons. The highest BCUT2D eigenvalue weighted by Crippen LogP contribution is 2.18. The average molecular weight is 223 g/mol. The van der Waals surface area contributed by atoms with E-state index in [4.69, 9.17) is 18.0 Å². The molecular formula is C10H13N3OS. The molecule has 2 N–H and O–H groups in total. The standard InChI is InChI=1S/C10H13N3OS/c1-7(14)13(2)9(10(11)15)8-3-5-12-6-4-8/h3-6,9H,1-2H3,(H2,11,15). The molecule has 1 aromatic rings. The van der Waals surface area contributed by atoms with Crippen LogP contribution >= 0.6 is 12.2 Å². The summed E-state index contributed by atoms with van der Waals surface area (Å²) >= 11 is 4.96. The second kappa shape index (κ2) is 4.84. The lowest BCUT2D eigenvalue weighted by molar-refractivity contribution is -0.128. The summed E-state index contributed by atoms with van der Waals surface area (Å²) in [6.07, 6.45) is 3.29. The summed E-state index contributed by atoms with van der Waals surface area (Å²) in [6, 6.07) is 3.23. The third-order valence-electron chi connectivity index (χ3n) is 2.18. The van der Waals surface area contributed by atoms with Gasteiger partial charge in [0.1, 0.15) is 11.0 Å². The predicted octanol–water partition coefficient (Wildman–Crippen LogP) is 0.887. The molecule has 0 aromatic carbocycles. The number of rotatable bonds is 3. The van der Waals surface area contributed by atoms with Gasteiger partial charge in [0.05, 0.1) is 0 Å². The molecule has 1 rings (SSSR count). The van der Waals surface area contributed by atoms with Gasteiger partial charge in [0, 0.05) is 26.4 Å². The Bertz CT molecular complexity index is 366. The van der Waals surface area contributed by atoms with Gasteiger partial charge in [0.2, 0.25) is 5.91 Å². The molecule has 15 heavy (non-hydrogen) atoms. The van der Waals surface area contributed by atoms with Crippen LogP contribution in [0.3, 0.4) is 0 Å². The minimum absolute atomic E-state index is 0.0791. The van der Waals surface area contributed by atoms with Crippen LogP contribution in [0, 0.1) is 0 Å². The molecule has 0 spiro atoms. The highest BCUT2D eigenvalue weighted by Gasteiger charge is 2.21. The monoisotopic (exact) mass is 223 g/mol. The summed E-state index contributed by atoms with van der Waals surface area (Å²) in [5.74, 6) is -0.0791. The number of pyridine rings is 1. The summed E-state index contributed by atoms with van der Waals surface area (Å²) in [5.41, 5.74) is 6.50. The van der Waals surface area contributed by atoms with Gasteiger partial charge in [-0.15, -0.1) is 0 Å². The van der Waals surface area contributed by atoms with Gasteiger partial charge in [-0.1, -0.05) is 12.2 Å². The third-order valence-corrected chi connectivity index (χ3v) is 2.40. The van der Waals surface area contributed by atoms with Crippen LogP contribution in [0.25, 0.3) is 0 Å². The fourth-order valence-corrected chi connectivity index (χ4v) is 1.60. The van der Waals surface area contributed by atoms with Crippen molar-refractivity contribution in [3.05, 3.63) is 30.1 Å². The van der Waals surface area contributed by atoms with Gasteiger partial charge >= 0.3 is 0 Å². The van der Waals surface area contributed by atoms with Gasteiger partial charge in [-0.25, -0.2) is 0 Å². The first-order valence-corrected chi connectivity index (χ1v) is 4.87. The van der Waals surface area contributed by atoms with Crippen molar-refractivity contribution >= 4 is 23.1 Å². The molecule has 0 aliphatic carbocycles. The number of nitrogens with two attached hydrogens (primary N) is 1. The van der Waals surface area contributed by atoms with E-state index in [1.165, 1.54) is 11.8 Å². The summed E-state index contributed by atoms with van der Waals surface area (Å²) in [6.45, 7) is 1.48. The van der Waals surface area contributed by atoms with Crippen molar-refractivity contribution in [2.45, 2.75) is 13.0 Å². The number of likely N-dealkylation sites (N-methyl/N-ethyl adjacent to an activating group) is 1. The van der Waals surface area contributed by atoms with Crippen molar-refractivity contribution in [1.29, 1.82) is 0 Å². The predicted molar refractivity (Wildman–Crippen MR) is 62.2 cm³/mol. The number of carbonyl (C=O) groups is 1. The quantitative estimate of drug-likeness (QED) is 0.773. The normalized spacial score (nSPS) is 11.9. The molecule has 0 radical (unpaired) electrons. The molecule has 1 aromatic heterocycles. The number of carbonyl (C=O) groups excluding carboxylic acids is 1. The molecule has 1 amide bonds. The van der Waals surface area contributed by atoms with E-state index in [9.17, 15) is 4.79 Å². The van der Waals surface area contributed by atoms with Crippen molar-refractivity contribution in [3.8, 4) is 0 Å². The van der Waals surface area contributed by atoms with Crippen LogP contribution in [0.5, 0.6) is 0 Å². The number of nitrogens with zero attached hydrogens (tertiary/aromatic N) is 2. The maximum atomic E-state index is 11.3. The van der Waals surface area contributed by atoms with Gasteiger partial charge in [-0.3, -0.25) is 9.78 Å². The zero-order chi connectivity index (χ0) is 11.4. The second-order valence-corrected chi connectivity index (χ2v) is 3.69. The molecule has 0 bridgehead atoms. The summed E-state index contributed by atoms with van der Waals surface area (Å²) in [7, 11) is 1.67.